The van der Waals surface area contributed by atoms with E-state index < -0.39 is 5.41 Å². The van der Waals surface area contributed by atoms with Gasteiger partial charge in [-0.25, -0.2) is 0 Å². The second kappa shape index (κ2) is 13.8. The first-order valence-electron chi connectivity index (χ1n) is 22.8. The summed E-state index contributed by atoms with van der Waals surface area (Å²) in [7, 11) is 0. The highest BCUT2D eigenvalue weighted by Crippen LogP contribution is 2.64. The summed E-state index contributed by atoms with van der Waals surface area (Å²) in [6.07, 6.45) is 0. The Morgan fingerprint density at radius 3 is 0.785 bits per heavy atom. The van der Waals surface area contributed by atoms with E-state index in [1.807, 2.05) is 0 Å². The molecule has 0 fully saturated rings. The van der Waals surface area contributed by atoms with Gasteiger partial charge in [-0.2, -0.15) is 0 Å². The van der Waals surface area contributed by atoms with E-state index in [-0.39, 0.29) is 0 Å². The molecule has 0 aliphatic heterocycles. The highest BCUT2D eigenvalue weighted by atomic mass is 14.5. The SMILES string of the molecule is c1ccc(-c2c3ccccc3c(-c3ccc4c(c3)C3(c5ccccc5-c5ccccc53)c3cc(-c5c6ccccc6c(-c6ccccc6)c6ccccc56)ccc3-4)c3ccccc23)cc1. The van der Waals surface area contributed by atoms with Crippen LogP contribution in [0.15, 0.2) is 243 Å². The van der Waals surface area contributed by atoms with Gasteiger partial charge in [0.1, 0.15) is 0 Å². The number of hydrogen-bond donors (Lipinski definition) is 0. The molecule has 0 atom stereocenters. The summed E-state index contributed by atoms with van der Waals surface area (Å²) in [5.41, 5.74) is 20.1. The van der Waals surface area contributed by atoms with Crippen molar-refractivity contribution < 1.29 is 0 Å². The fourth-order valence-electron chi connectivity index (χ4n) is 12.2. The van der Waals surface area contributed by atoms with Gasteiger partial charge < -0.3 is 0 Å². The molecule has 0 bridgehead atoms. The van der Waals surface area contributed by atoms with Gasteiger partial charge in [-0.1, -0.05) is 231 Å². The summed E-state index contributed by atoms with van der Waals surface area (Å²) in [5.74, 6) is 0. The Morgan fingerprint density at radius 1 is 0.185 bits per heavy atom. The molecule has 0 nitrogen and oxygen atoms in total. The largest absolute Gasteiger partial charge is 0.0725 e. The molecule has 0 unspecified atom stereocenters. The highest BCUT2D eigenvalue weighted by molar-refractivity contribution is 6.23. The van der Waals surface area contributed by atoms with Crippen molar-refractivity contribution in [3.63, 3.8) is 0 Å². The van der Waals surface area contributed by atoms with Crippen LogP contribution in [0.4, 0.5) is 0 Å². The van der Waals surface area contributed by atoms with Crippen molar-refractivity contribution in [2.75, 3.05) is 0 Å². The topological polar surface area (TPSA) is 0 Å². The summed E-state index contributed by atoms with van der Waals surface area (Å²) in [6, 6.07) is 91.0. The molecule has 1 spiro atoms. The van der Waals surface area contributed by atoms with Crippen LogP contribution in [-0.4, -0.2) is 0 Å². The molecule has 12 aromatic rings. The van der Waals surface area contributed by atoms with E-state index in [1.165, 1.54) is 132 Å². The maximum absolute atomic E-state index is 2.56. The van der Waals surface area contributed by atoms with Gasteiger partial charge in [-0.15, -0.1) is 0 Å². The Hall–Kier alpha value is -8.32. The summed E-state index contributed by atoms with van der Waals surface area (Å²) >= 11 is 0. The minimum absolute atomic E-state index is 0.533. The van der Waals surface area contributed by atoms with Crippen molar-refractivity contribution in [1.29, 1.82) is 0 Å². The second-order valence-corrected chi connectivity index (χ2v) is 17.8. The molecule has 0 heteroatoms. The lowest BCUT2D eigenvalue weighted by atomic mass is 9.69. The third-order valence-electron chi connectivity index (χ3n) is 14.7. The van der Waals surface area contributed by atoms with Crippen molar-refractivity contribution >= 4 is 43.1 Å². The summed E-state index contributed by atoms with van der Waals surface area (Å²) < 4.78 is 0. The van der Waals surface area contributed by atoms with Gasteiger partial charge in [0.15, 0.2) is 0 Å². The number of hydrogen-bond acceptors (Lipinski definition) is 0. The molecule has 2 aliphatic carbocycles. The second-order valence-electron chi connectivity index (χ2n) is 17.8. The maximum Gasteiger partial charge on any atom is 0.0725 e. The van der Waals surface area contributed by atoms with Crippen LogP contribution >= 0.6 is 0 Å². The van der Waals surface area contributed by atoms with Crippen molar-refractivity contribution in [3.05, 3.63) is 265 Å². The lowest BCUT2D eigenvalue weighted by Crippen LogP contribution is -2.26. The first kappa shape index (κ1) is 36.2. The molecule has 0 amide bonds. The fraction of sp³-hybridized carbons (Fsp3) is 0.0154. The van der Waals surface area contributed by atoms with E-state index >= 15 is 0 Å². The molecule has 0 radical (unpaired) electrons. The monoisotopic (exact) mass is 820 g/mol. The molecule has 12 aromatic carbocycles. The van der Waals surface area contributed by atoms with Gasteiger partial charge in [0.25, 0.3) is 0 Å². The average Bonchev–Trinajstić information content (AvgIpc) is 3.84. The van der Waals surface area contributed by atoms with Crippen LogP contribution in [0.5, 0.6) is 0 Å². The first-order valence-corrected chi connectivity index (χ1v) is 22.8. The van der Waals surface area contributed by atoms with Crippen LogP contribution in [0.2, 0.25) is 0 Å². The van der Waals surface area contributed by atoms with Crippen LogP contribution in [0.25, 0.3) is 110 Å². The average molecular weight is 821 g/mol. The van der Waals surface area contributed by atoms with E-state index in [0.717, 1.165) is 0 Å². The number of rotatable bonds is 4. The van der Waals surface area contributed by atoms with E-state index in [1.54, 1.807) is 0 Å². The zero-order valence-electron chi connectivity index (χ0n) is 35.6. The molecular formula is C65H40. The molecule has 0 saturated carbocycles. The van der Waals surface area contributed by atoms with E-state index in [4.69, 9.17) is 0 Å². The minimum atomic E-state index is -0.533. The van der Waals surface area contributed by atoms with Gasteiger partial charge >= 0.3 is 0 Å². The Balaban J connectivity index is 1.07. The van der Waals surface area contributed by atoms with Gasteiger partial charge in [0.05, 0.1) is 5.41 Å². The Labute approximate surface area is 378 Å². The molecule has 0 heterocycles. The van der Waals surface area contributed by atoms with Crippen molar-refractivity contribution in [2.24, 2.45) is 0 Å². The van der Waals surface area contributed by atoms with Crippen LogP contribution in [0.3, 0.4) is 0 Å². The Kier molecular flexibility index (Phi) is 7.71. The first-order chi connectivity index (χ1) is 32.3. The fourth-order valence-corrected chi connectivity index (χ4v) is 12.2. The van der Waals surface area contributed by atoms with Gasteiger partial charge in [0.2, 0.25) is 0 Å². The summed E-state index contributed by atoms with van der Waals surface area (Å²) in [5, 5.41) is 10.1. The minimum Gasteiger partial charge on any atom is -0.0622 e. The quantitative estimate of drug-likeness (QED) is 0.155. The molecule has 0 saturated heterocycles. The number of benzene rings is 12. The van der Waals surface area contributed by atoms with Gasteiger partial charge in [-0.3, -0.25) is 0 Å². The normalized spacial score (nSPS) is 13.0. The molecular weight excluding hydrogens is 781 g/mol. The maximum atomic E-state index is 2.56. The van der Waals surface area contributed by atoms with Crippen molar-refractivity contribution in [3.8, 4) is 66.8 Å². The van der Waals surface area contributed by atoms with E-state index in [9.17, 15) is 0 Å². The predicted molar refractivity (Wildman–Crippen MR) is 275 cm³/mol. The molecule has 0 aromatic heterocycles. The molecule has 300 valence electrons. The standard InChI is InChI=1S/C65H40/c1-3-19-41(20-4-1)61-49-25-7-11-29-53(49)63(54-30-12-8-26-50(54)61)43-35-37-47-48-38-36-44(40-60(48)65(59(47)39-43)57-33-17-15-23-45(57)46-24-16-18-34-58(46)65)64-55-31-13-9-27-51(55)62(42-21-5-2-6-22-42)52-28-10-14-32-56(52)64/h1-40H. The zero-order valence-corrected chi connectivity index (χ0v) is 35.6. The highest BCUT2D eigenvalue weighted by Gasteiger charge is 2.52. The zero-order chi connectivity index (χ0) is 42.6. The Bertz CT molecular complexity index is 3560. The lowest BCUT2D eigenvalue weighted by Gasteiger charge is -2.31. The predicted octanol–water partition coefficient (Wildman–Crippen LogP) is 17.3. The molecule has 0 N–H and O–H groups in total. The van der Waals surface area contributed by atoms with Gasteiger partial charge in [-0.05, 0) is 144 Å². The van der Waals surface area contributed by atoms with Gasteiger partial charge in [0, 0.05) is 0 Å². The summed E-state index contributed by atoms with van der Waals surface area (Å²) in [4.78, 5) is 0. The third-order valence-corrected chi connectivity index (χ3v) is 14.7. The van der Waals surface area contributed by atoms with E-state index in [0.29, 0.717) is 0 Å². The van der Waals surface area contributed by atoms with E-state index in [2.05, 4.69) is 243 Å². The van der Waals surface area contributed by atoms with Crippen LogP contribution in [0, 0.1) is 0 Å². The number of fused-ring (bicyclic) bond motifs is 14. The lowest BCUT2D eigenvalue weighted by molar-refractivity contribution is 0.794. The molecule has 2 aliphatic rings. The smallest absolute Gasteiger partial charge is 0.0622 e. The van der Waals surface area contributed by atoms with Crippen LogP contribution in [-0.2, 0) is 5.41 Å². The third kappa shape index (κ3) is 4.97. The Morgan fingerprint density at radius 2 is 0.446 bits per heavy atom. The van der Waals surface area contributed by atoms with Crippen LogP contribution in [0.1, 0.15) is 22.3 Å². The van der Waals surface area contributed by atoms with Crippen molar-refractivity contribution in [2.45, 2.75) is 5.41 Å². The van der Waals surface area contributed by atoms with Crippen molar-refractivity contribution in [1.82, 2.24) is 0 Å². The summed E-state index contributed by atoms with van der Waals surface area (Å²) in [6.45, 7) is 0. The van der Waals surface area contributed by atoms with Crippen LogP contribution < -0.4 is 0 Å². The molecule has 14 rings (SSSR count). The molecule has 65 heavy (non-hydrogen) atoms.